The van der Waals surface area contributed by atoms with Gasteiger partial charge in [-0.05, 0) is 30.7 Å². The standard InChI is InChI=1S/C11H10ClN3OS/c1-7-6-17-11(14-7)15-13-5-8-2-3-10(16)9(12)4-8/h2-6,16H,1H3,(H,14,15)/b13-5-. The molecule has 1 aromatic heterocycles. The molecular formula is C11H10ClN3OS. The van der Waals surface area contributed by atoms with Crippen LogP contribution in [0.4, 0.5) is 5.13 Å². The van der Waals surface area contributed by atoms with Crippen molar-refractivity contribution in [2.75, 3.05) is 5.43 Å². The normalized spacial score (nSPS) is 10.9. The average molecular weight is 268 g/mol. The third kappa shape index (κ3) is 3.18. The molecular weight excluding hydrogens is 258 g/mol. The maximum atomic E-state index is 9.25. The van der Waals surface area contributed by atoms with Crippen LogP contribution in [0.1, 0.15) is 11.3 Å². The topological polar surface area (TPSA) is 57.5 Å². The highest BCUT2D eigenvalue weighted by atomic mass is 35.5. The summed E-state index contributed by atoms with van der Waals surface area (Å²) in [5, 5.41) is 16.3. The van der Waals surface area contributed by atoms with Crippen molar-refractivity contribution < 1.29 is 5.11 Å². The number of benzene rings is 1. The number of phenolic OH excluding ortho intramolecular Hbond substituents is 1. The van der Waals surface area contributed by atoms with Crippen LogP contribution >= 0.6 is 22.9 Å². The molecule has 0 radical (unpaired) electrons. The van der Waals surface area contributed by atoms with Crippen molar-refractivity contribution in [3.05, 3.63) is 39.9 Å². The summed E-state index contributed by atoms with van der Waals surface area (Å²) >= 11 is 7.26. The number of aromatic nitrogens is 1. The highest BCUT2D eigenvalue weighted by Crippen LogP contribution is 2.22. The van der Waals surface area contributed by atoms with Crippen molar-refractivity contribution in [3.63, 3.8) is 0 Å². The van der Waals surface area contributed by atoms with E-state index in [-0.39, 0.29) is 5.75 Å². The van der Waals surface area contributed by atoms with Gasteiger partial charge in [0.15, 0.2) is 0 Å². The molecule has 0 amide bonds. The van der Waals surface area contributed by atoms with Gasteiger partial charge >= 0.3 is 0 Å². The fourth-order valence-corrected chi connectivity index (χ4v) is 2.00. The molecule has 4 nitrogen and oxygen atoms in total. The summed E-state index contributed by atoms with van der Waals surface area (Å²) in [5.74, 6) is 0.0623. The number of hydrogen-bond acceptors (Lipinski definition) is 5. The molecule has 0 aliphatic rings. The fraction of sp³-hybridized carbons (Fsp3) is 0.0909. The molecule has 0 unspecified atom stereocenters. The minimum atomic E-state index is 0.0623. The highest BCUT2D eigenvalue weighted by Gasteiger charge is 1.98. The summed E-state index contributed by atoms with van der Waals surface area (Å²) in [5.41, 5.74) is 4.58. The average Bonchev–Trinajstić information content (AvgIpc) is 2.70. The van der Waals surface area contributed by atoms with E-state index in [1.54, 1.807) is 18.3 Å². The van der Waals surface area contributed by atoms with Crippen LogP contribution < -0.4 is 5.43 Å². The lowest BCUT2D eigenvalue weighted by molar-refractivity contribution is 0.475. The van der Waals surface area contributed by atoms with Gasteiger partial charge in [0.05, 0.1) is 16.9 Å². The van der Waals surface area contributed by atoms with Crippen molar-refractivity contribution >= 4 is 34.3 Å². The molecule has 1 heterocycles. The number of halogens is 1. The van der Waals surface area contributed by atoms with Gasteiger partial charge in [0.1, 0.15) is 5.75 Å². The molecule has 88 valence electrons. The Labute approximate surface area is 108 Å². The lowest BCUT2D eigenvalue weighted by Gasteiger charge is -1.97. The Hall–Kier alpha value is -1.59. The van der Waals surface area contributed by atoms with Crippen LogP contribution in [0.15, 0.2) is 28.7 Å². The summed E-state index contributed by atoms with van der Waals surface area (Å²) in [6.45, 7) is 1.92. The van der Waals surface area contributed by atoms with E-state index in [1.165, 1.54) is 17.4 Å². The molecule has 6 heteroatoms. The van der Waals surface area contributed by atoms with Gasteiger partial charge in [0.2, 0.25) is 5.13 Å². The summed E-state index contributed by atoms with van der Waals surface area (Å²) in [6, 6.07) is 4.88. The van der Waals surface area contributed by atoms with Crippen molar-refractivity contribution in [1.29, 1.82) is 0 Å². The SMILES string of the molecule is Cc1csc(N/N=C\c2ccc(O)c(Cl)c2)n1. The van der Waals surface area contributed by atoms with Crippen LogP contribution in [0, 0.1) is 6.92 Å². The van der Waals surface area contributed by atoms with E-state index in [4.69, 9.17) is 11.6 Å². The number of hydrazone groups is 1. The summed E-state index contributed by atoms with van der Waals surface area (Å²) < 4.78 is 0. The maximum Gasteiger partial charge on any atom is 0.203 e. The van der Waals surface area contributed by atoms with Gasteiger partial charge in [-0.1, -0.05) is 11.6 Å². The summed E-state index contributed by atoms with van der Waals surface area (Å²) in [7, 11) is 0. The molecule has 2 rings (SSSR count). The number of aryl methyl sites for hydroxylation is 1. The number of rotatable bonds is 3. The Kier molecular flexibility index (Phi) is 3.61. The van der Waals surface area contributed by atoms with Gasteiger partial charge in [0, 0.05) is 5.38 Å². The number of phenols is 1. The van der Waals surface area contributed by atoms with E-state index in [0.29, 0.717) is 5.02 Å². The van der Waals surface area contributed by atoms with Crippen LogP contribution in [0.25, 0.3) is 0 Å². The van der Waals surface area contributed by atoms with Crippen LogP contribution in [0.2, 0.25) is 5.02 Å². The minimum absolute atomic E-state index is 0.0623. The Bertz CT molecular complexity index is 553. The first kappa shape index (κ1) is 11.9. The molecule has 0 aliphatic carbocycles. The van der Waals surface area contributed by atoms with E-state index in [9.17, 15) is 5.11 Å². The maximum absolute atomic E-state index is 9.25. The van der Waals surface area contributed by atoms with Gasteiger partial charge in [-0.2, -0.15) is 5.10 Å². The Morgan fingerprint density at radius 3 is 3.00 bits per heavy atom. The van der Waals surface area contributed by atoms with Crippen LogP contribution in [-0.2, 0) is 0 Å². The Morgan fingerprint density at radius 2 is 2.35 bits per heavy atom. The zero-order valence-corrected chi connectivity index (χ0v) is 10.6. The van der Waals surface area contributed by atoms with E-state index in [2.05, 4.69) is 15.5 Å². The quantitative estimate of drug-likeness (QED) is 0.663. The second-order valence-corrected chi connectivity index (χ2v) is 4.64. The lowest BCUT2D eigenvalue weighted by Crippen LogP contribution is -1.90. The number of anilines is 1. The summed E-state index contributed by atoms with van der Waals surface area (Å²) in [6.07, 6.45) is 1.61. The van der Waals surface area contributed by atoms with Crippen molar-refractivity contribution in [2.24, 2.45) is 5.10 Å². The number of nitrogens with zero attached hydrogens (tertiary/aromatic N) is 2. The highest BCUT2D eigenvalue weighted by molar-refractivity contribution is 7.13. The van der Waals surface area contributed by atoms with E-state index in [0.717, 1.165) is 16.4 Å². The van der Waals surface area contributed by atoms with Gasteiger partial charge < -0.3 is 5.11 Å². The summed E-state index contributed by atoms with van der Waals surface area (Å²) in [4.78, 5) is 4.20. The van der Waals surface area contributed by atoms with Crippen LogP contribution in [0.5, 0.6) is 5.75 Å². The smallest absolute Gasteiger partial charge is 0.203 e. The van der Waals surface area contributed by atoms with Crippen molar-refractivity contribution in [2.45, 2.75) is 6.92 Å². The molecule has 0 saturated carbocycles. The number of hydrogen-bond donors (Lipinski definition) is 2. The first-order valence-corrected chi connectivity index (χ1v) is 6.10. The molecule has 0 bridgehead atoms. The van der Waals surface area contributed by atoms with Gasteiger partial charge in [-0.15, -0.1) is 11.3 Å². The van der Waals surface area contributed by atoms with Crippen molar-refractivity contribution in [3.8, 4) is 5.75 Å². The van der Waals surface area contributed by atoms with E-state index < -0.39 is 0 Å². The monoisotopic (exact) mass is 267 g/mol. The number of aromatic hydroxyl groups is 1. The predicted molar refractivity (Wildman–Crippen MR) is 71.2 cm³/mol. The predicted octanol–water partition coefficient (Wildman–Crippen LogP) is 3.26. The minimum Gasteiger partial charge on any atom is -0.506 e. The van der Waals surface area contributed by atoms with Gasteiger partial charge in [-0.3, -0.25) is 5.43 Å². The molecule has 17 heavy (non-hydrogen) atoms. The zero-order chi connectivity index (χ0) is 12.3. The third-order valence-electron chi connectivity index (χ3n) is 1.96. The van der Waals surface area contributed by atoms with E-state index >= 15 is 0 Å². The van der Waals surface area contributed by atoms with Crippen LogP contribution in [-0.4, -0.2) is 16.3 Å². The third-order valence-corrected chi connectivity index (χ3v) is 3.13. The van der Waals surface area contributed by atoms with Crippen LogP contribution in [0.3, 0.4) is 0 Å². The largest absolute Gasteiger partial charge is 0.506 e. The number of nitrogens with one attached hydrogen (secondary N) is 1. The van der Waals surface area contributed by atoms with E-state index in [1.807, 2.05) is 12.3 Å². The van der Waals surface area contributed by atoms with Gasteiger partial charge in [0.25, 0.3) is 0 Å². The second-order valence-electron chi connectivity index (χ2n) is 3.37. The molecule has 0 atom stereocenters. The Morgan fingerprint density at radius 1 is 1.53 bits per heavy atom. The molecule has 2 aromatic rings. The molecule has 0 spiro atoms. The fourth-order valence-electron chi connectivity index (χ4n) is 1.17. The lowest BCUT2D eigenvalue weighted by atomic mass is 10.2. The molecule has 0 fully saturated rings. The first-order valence-electron chi connectivity index (χ1n) is 4.85. The zero-order valence-electron chi connectivity index (χ0n) is 9.01. The Balaban J connectivity index is 2.03. The number of thiazole rings is 1. The van der Waals surface area contributed by atoms with Crippen molar-refractivity contribution in [1.82, 2.24) is 4.98 Å². The molecule has 1 aromatic carbocycles. The second kappa shape index (κ2) is 5.16. The molecule has 0 aliphatic heterocycles. The molecule has 2 N–H and O–H groups in total. The first-order chi connectivity index (χ1) is 8.15. The molecule has 0 saturated heterocycles. The van der Waals surface area contributed by atoms with Gasteiger partial charge in [-0.25, -0.2) is 4.98 Å².